The number of nitrogens with zero attached hydrogens (tertiary/aromatic N) is 2. The summed E-state index contributed by atoms with van der Waals surface area (Å²) in [5, 5.41) is 0. The van der Waals surface area contributed by atoms with Crippen molar-refractivity contribution < 1.29 is 9.53 Å². The summed E-state index contributed by atoms with van der Waals surface area (Å²) in [6.07, 6.45) is 6.62. The molecule has 0 bridgehead atoms. The van der Waals surface area contributed by atoms with Crippen LogP contribution >= 0.6 is 0 Å². The summed E-state index contributed by atoms with van der Waals surface area (Å²) >= 11 is 0. The number of amides is 1. The van der Waals surface area contributed by atoms with E-state index in [0.717, 1.165) is 60.5 Å². The molecule has 0 aliphatic heterocycles. The van der Waals surface area contributed by atoms with Crippen LogP contribution in [0.15, 0.2) is 48.5 Å². The van der Waals surface area contributed by atoms with E-state index in [0.29, 0.717) is 6.54 Å². The number of carbonyl (C=O) groups excluding carboxylic acids is 1. The maximum atomic E-state index is 13.2. The van der Waals surface area contributed by atoms with Gasteiger partial charge in [0.15, 0.2) is 0 Å². The molecule has 30 heavy (non-hydrogen) atoms. The largest absolute Gasteiger partial charge is 0.494 e. The van der Waals surface area contributed by atoms with Crippen molar-refractivity contribution in [1.82, 2.24) is 4.90 Å². The third-order valence-corrected chi connectivity index (χ3v) is 4.97. The number of unbranched alkanes of at least 4 members (excludes halogenated alkanes) is 1. The lowest BCUT2D eigenvalue weighted by atomic mass is 10.1. The quantitative estimate of drug-likeness (QED) is 0.364. The Labute approximate surface area is 182 Å². The van der Waals surface area contributed by atoms with E-state index in [4.69, 9.17) is 4.74 Å². The van der Waals surface area contributed by atoms with Gasteiger partial charge in [-0.2, -0.15) is 0 Å². The Kier molecular flexibility index (Phi) is 9.62. The summed E-state index contributed by atoms with van der Waals surface area (Å²) in [6.45, 7) is 8.60. The highest BCUT2D eigenvalue weighted by atomic mass is 16.5. The van der Waals surface area contributed by atoms with Gasteiger partial charge in [0, 0.05) is 12.6 Å². The Hall–Kier alpha value is -2.59. The van der Waals surface area contributed by atoms with E-state index in [9.17, 15) is 4.79 Å². The van der Waals surface area contributed by atoms with E-state index in [1.165, 1.54) is 0 Å². The van der Waals surface area contributed by atoms with Crippen molar-refractivity contribution in [1.29, 1.82) is 0 Å². The van der Waals surface area contributed by atoms with Crippen LogP contribution in [0.1, 0.15) is 42.9 Å². The van der Waals surface area contributed by atoms with Crippen LogP contribution in [0.2, 0.25) is 0 Å². The van der Waals surface area contributed by atoms with Crippen LogP contribution in [0.4, 0.5) is 5.69 Å². The number of ether oxygens (including phenoxy) is 1. The number of carbonyl (C=O) groups is 1. The van der Waals surface area contributed by atoms with Crippen LogP contribution < -0.4 is 9.64 Å². The minimum atomic E-state index is 0.00320. The van der Waals surface area contributed by atoms with E-state index in [1.807, 2.05) is 53.4 Å². The lowest BCUT2D eigenvalue weighted by molar-refractivity contribution is -0.114. The lowest BCUT2D eigenvalue weighted by Gasteiger charge is -2.26. The monoisotopic (exact) mass is 408 g/mol. The van der Waals surface area contributed by atoms with Crippen LogP contribution in [0.5, 0.6) is 5.75 Å². The second-order valence-corrected chi connectivity index (χ2v) is 8.00. The van der Waals surface area contributed by atoms with Crippen molar-refractivity contribution in [2.75, 3.05) is 38.7 Å². The van der Waals surface area contributed by atoms with Crippen molar-refractivity contribution in [3.63, 3.8) is 0 Å². The lowest BCUT2D eigenvalue weighted by Crippen LogP contribution is -2.33. The predicted molar refractivity (Wildman–Crippen MR) is 127 cm³/mol. The van der Waals surface area contributed by atoms with E-state index in [1.54, 1.807) is 6.08 Å². The van der Waals surface area contributed by atoms with Gasteiger partial charge in [-0.15, -0.1) is 0 Å². The molecule has 0 fully saturated rings. The van der Waals surface area contributed by atoms with Crippen LogP contribution in [-0.2, 0) is 4.79 Å². The Morgan fingerprint density at radius 2 is 1.67 bits per heavy atom. The fourth-order valence-corrected chi connectivity index (χ4v) is 3.46. The Morgan fingerprint density at radius 3 is 2.27 bits per heavy atom. The first-order chi connectivity index (χ1) is 14.4. The number of aryl methyl sites for hydroxylation is 2. The highest BCUT2D eigenvalue weighted by Gasteiger charge is 2.18. The highest BCUT2D eigenvalue weighted by Crippen LogP contribution is 2.30. The number of hydrogen-bond acceptors (Lipinski definition) is 3. The summed E-state index contributed by atoms with van der Waals surface area (Å²) < 4.78 is 5.90. The van der Waals surface area contributed by atoms with Gasteiger partial charge in [0.25, 0.3) is 5.91 Å². The summed E-state index contributed by atoms with van der Waals surface area (Å²) in [5.74, 6) is 0.881. The molecule has 162 valence electrons. The predicted octanol–water partition coefficient (Wildman–Crippen LogP) is 5.48. The molecule has 2 rings (SSSR count). The van der Waals surface area contributed by atoms with Gasteiger partial charge in [-0.05, 0) is 82.2 Å². The second-order valence-electron chi connectivity index (χ2n) is 8.00. The van der Waals surface area contributed by atoms with Crippen molar-refractivity contribution in [3.05, 3.63) is 65.2 Å². The van der Waals surface area contributed by atoms with Gasteiger partial charge in [-0.3, -0.25) is 4.79 Å². The van der Waals surface area contributed by atoms with Crippen LogP contribution in [-0.4, -0.2) is 44.6 Å². The Balaban J connectivity index is 2.27. The van der Waals surface area contributed by atoms with Crippen molar-refractivity contribution in [2.45, 2.75) is 40.0 Å². The zero-order valence-corrected chi connectivity index (χ0v) is 19.1. The SMILES string of the molecule is CCCCOc1cc(C)c(N(CCCN(C)C)C(=O)/C=C\c2ccccc2)c(C)c1. The number of rotatable bonds is 11. The molecule has 0 aliphatic rings. The molecular weight excluding hydrogens is 372 g/mol. The first kappa shape index (κ1) is 23.7. The van der Waals surface area contributed by atoms with E-state index >= 15 is 0 Å². The van der Waals surface area contributed by atoms with Crippen LogP contribution in [0, 0.1) is 13.8 Å². The van der Waals surface area contributed by atoms with Gasteiger partial charge in [0.1, 0.15) is 5.75 Å². The number of anilines is 1. The maximum Gasteiger partial charge on any atom is 0.251 e. The molecule has 0 heterocycles. The molecule has 0 spiro atoms. The maximum absolute atomic E-state index is 13.2. The molecule has 0 saturated heterocycles. The third-order valence-electron chi connectivity index (χ3n) is 4.97. The summed E-state index contributed by atoms with van der Waals surface area (Å²) in [5.41, 5.74) is 4.13. The van der Waals surface area contributed by atoms with Gasteiger partial charge < -0.3 is 14.5 Å². The van der Waals surface area contributed by atoms with E-state index < -0.39 is 0 Å². The summed E-state index contributed by atoms with van der Waals surface area (Å²) in [4.78, 5) is 17.2. The van der Waals surface area contributed by atoms with Crippen LogP contribution in [0.3, 0.4) is 0 Å². The molecule has 0 saturated carbocycles. The smallest absolute Gasteiger partial charge is 0.251 e. The van der Waals surface area contributed by atoms with Crippen molar-refractivity contribution >= 4 is 17.7 Å². The van der Waals surface area contributed by atoms with E-state index in [2.05, 4.69) is 39.8 Å². The molecule has 0 unspecified atom stereocenters. The van der Waals surface area contributed by atoms with Crippen molar-refractivity contribution in [3.8, 4) is 5.75 Å². The fourth-order valence-electron chi connectivity index (χ4n) is 3.46. The minimum absolute atomic E-state index is 0.00320. The molecule has 4 heteroatoms. The molecule has 0 atom stereocenters. The second kappa shape index (κ2) is 12.2. The zero-order chi connectivity index (χ0) is 21.9. The molecule has 0 radical (unpaired) electrons. The molecular formula is C26H36N2O2. The zero-order valence-electron chi connectivity index (χ0n) is 19.1. The standard InChI is InChI=1S/C26H36N2O2/c1-6-7-18-30-24-19-21(2)26(22(3)20-24)28(17-11-16-27(4)5)25(29)15-14-23-12-9-8-10-13-23/h8-10,12-15,19-20H,6-7,11,16-18H2,1-5H3/b15-14-. The molecule has 2 aromatic carbocycles. The number of benzene rings is 2. The average molecular weight is 409 g/mol. The van der Waals surface area contributed by atoms with Gasteiger partial charge in [0.05, 0.1) is 12.3 Å². The van der Waals surface area contributed by atoms with Gasteiger partial charge >= 0.3 is 0 Å². The molecule has 1 amide bonds. The fraction of sp³-hybridized carbons (Fsp3) is 0.423. The molecule has 0 N–H and O–H groups in total. The first-order valence-corrected chi connectivity index (χ1v) is 10.9. The summed E-state index contributed by atoms with van der Waals surface area (Å²) in [6, 6.07) is 14.0. The molecule has 0 aromatic heterocycles. The average Bonchev–Trinajstić information content (AvgIpc) is 2.71. The highest BCUT2D eigenvalue weighted by molar-refractivity contribution is 6.04. The van der Waals surface area contributed by atoms with Gasteiger partial charge in [0.2, 0.25) is 0 Å². The normalized spacial score (nSPS) is 11.3. The topological polar surface area (TPSA) is 32.8 Å². The van der Waals surface area contributed by atoms with Crippen molar-refractivity contribution in [2.24, 2.45) is 0 Å². The van der Waals surface area contributed by atoms with E-state index in [-0.39, 0.29) is 5.91 Å². The first-order valence-electron chi connectivity index (χ1n) is 10.9. The van der Waals surface area contributed by atoms with Gasteiger partial charge in [-0.1, -0.05) is 43.7 Å². The third kappa shape index (κ3) is 7.34. The Bertz CT molecular complexity index is 805. The molecule has 2 aromatic rings. The summed E-state index contributed by atoms with van der Waals surface area (Å²) in [7, 11) is 4.11. The minimum Gasteiger partial charge on any atom is -0.494 e. The molecule has 4 nitrogen and oxygen atoms in total. The molecule has 0 aliphatic carbocycles. The van der Waals surface area contributed by atoms with Gasteiger partial charge in [-0.25, -0.2) is 0 Å². The van der Waals surface area contributed by atoms with Crippen LogP contribution in [0.25, 0.3) is 6.08 Å². The Morgan fingerprint density at radius 1 is 1.00 bits per heavy atom. The number of hydrogen-bond donors (Lipinski definition) is 0.